The normalized spacial score (nSPS) is 11.2. The van der Waals surface area contributed by atoms with Crippen LogP contribution in [0.2, 0.25) is 5.02 Å². The first-order valence-electron chi connectivity index (χ1n) is 9.45. The molecule has 33 heavy (non-hydrogen) atoms. The van der Waals surface area contributed by atoms with Gasteiger partial charge in [-0.25, -0.2) is 9.37 Å². The lowest BCUT2D eigenvalue weighted by molar-refractivity contribution is -0.384. The smallest absolute Gasteiger partial charge is 0.269 e. The lowest BCUT2D eigenvalue weighted by Crippen LogP contribution is -2.13. The van der Waals surface area contributed by atoms with Crippen LogP contribution in [-0.4, -0.2) is 27.8 Å². The summed E-state index contributed by atoms with van der Waals surface area (Å²) in [5.41, 5.74) is 2.04. The molecule has 0 radical (unpaired) electrons. The van der Waals surface area contributed by atoms with Gasteiger partial charge in [0.1, 0.15) is 5.82 Å². The van der Waals surface area contributed by atoms with Crippen molar-refractivity contribution in [1.29, 1.82) is 0 Å². The number of fused-ring (bicyclic) bond motifs is 1. The zero-order chi connectivity index (χ0) is 23.4. The second kappa shape index (κ2) is 10.1. The molecule has 0 aliphatic rings. The zero-order valence-corrected chi connectivity index (χ0v) is 19.1. The Labute approximate surface area is 200 Å². The maximum Gasteiger partial charge on any atom is 0.269 e. The van der Waals surface area contributed by atoms with Crippen molar-refractivity contribution in [2.24, 2.45) is 4.99 Å². The number of nitro benzene ring substituents is 1. The van der Waals surface area contributed by atoms with Crippen LogP contribution in [0.5, 0.6) is 0 Å². The molecule has 0 aliphatic carbocycles. The molecule has 0 saturated carbocycles. The summed E-state index contributed by atoms with van der Waals surface area (Å²) >= 11 is 8.72. The number of anilines is 1. The van der Waals surface area contributed by atoms with E-state index >= 15 is 0 Å². The summed E-state index contributed by atoms with van der Waals surface area (Å²) in [5.74, 6) is -0.566. The molecule has 0 aliphatic heterocycles. The van der Waals surface area contributed by atoms with E-state index in [1.165, 1.54) is 65.7 Å². The van der Waals surface area contributed by atoms with E-state index in [1.54, 1.807) is 12.1 Å². The van der Waals surface area contributed by atoms with Gasteiger partial charge in [0.25, 0.3) is 5.69 Å². The molecule has 0 fully saturated rings. The van der Waals surface area contributed by atoms with Crippen LogP contribution in [0.4, 0.5) is 21.5 Å². The molecular weight excluding hydrogens is 487 g/mol. The SMILES string of the molecule is O=C(CSc1nc2ccc(N=Cc3c(F)cccc3Cl)cc2s1)Nc1ccc([N+](=O)[O-])cc1. The number of nitro groups is 1. The fraction of sp³-hybridized carbons (Fsp3) is 0.0455. The van der Waals surface area contributed by atoms with Crippen molar-refractivity contribution in [2.45, 2.75) is 4.34 Å². The number of amides is 1. The molecular formula is C22H14ClFN4O3S2. The highest BCUT2D eigenvalue weighted by Crippen LogP contribution is 2.32. The van der Waals surface area contributed by atoms with Gasteiger partial charge in [-0.1, -0.05) is 29.4 Å². The molecule has 0 atom stereocenters. The maximum absolute atomic E-state index is 13.9. The first-order valence-corrected chi connectivity index (χ1v) is 11.6. The van der Waals surface area contributed by atoms with Gasteiger partial charge in [-0.15, -0.1) is 11.3 Å². The van der Waals surface area contributed by atoms with Gasteiger partial charge < -0.3 is 5.32 Å². The number of thioether (sulfide) groups is 1. The van der Waals surface area contributed by atoms with Gasteiger partial charge in [0.15, 0.2) is 4.34 Å². The van der Waals surface area contributed by atoms with Crippen molar-refractivity contribution in [3.05, 3.63) is 87.2 Å². The van der Waals surface area contributed by atoms with Crippen molar-refractivity contribution >= 4 is 74.1 Å². The Hall–Kier alpha value is -3.34. The minimum Gasteiger partial charge on any atom is -0.325 e. The summed E-state index contributed by atoms with van der Waals surface area (Å²) in [6.45, 7) is 0. The number of carbonyl (C=O) groups is 1. The predicted octanol–water partition coefficient (Wildman–Crippen LogP) is 6.48. The number of non-ortho nitro benzene ring substituents is 1. The molecule has 4 rings (SSSR count). The monoisotopic (exact) mass is 500 g/mol. The second-order valence-electron chi connectivity index (χ2n) is 6.67. The standard InChI is InChI=1S/C22H14ClFN4O3S2/c23-17-2-1-3-18(24)16(17)11-25-14-6-9-19-20(10-14)33-22(27-19)32-12-21(29)26-13-4-7-15(8-5-13)28(30)31/h1-11H,12H2,(H,26,29). The van der Waals surface area contributed by atoms with Crippen LogP contribution in [0, 0.1) is 15.9 Å². The molecule has 1 amide bonds. The number of hydrogen-bond acceptors (Lipinski definition) is 7. The quantitative estimate of drug-likeness (QED) is 0.135. The Morgan fingerprint density at radius 2 is 2.03 bits per heavy atom. The summed E-state index contributed by atoms with van der Waals surface area (Å²) in [6.07, 6.45) is 1.39. The van der Waals surface area contributed by atoms with Gasteiger partial charge in [0.2, 0.25) is 5.91 Å². The molecule has 0 saturated heterocycles. The fourth-order valence-electron chi connectivity index (χ4n) is 2.80. The summed E-state index contributed by atoms with van der Waals surface area (Å²) in [6, 6.07) is 15.5. The van der Waals surface area contributed by atoms with Gasteiger partial charge in [0, 0.05) is 29.6 Å². The topological polar surface area (TPSA) is 97.5 Å². The molecule has 3 aromatic carbocycles. The fourth-order valence-corrected chi connectivity index (χ4v) is 4.91. The van der Waals surface area contributed by atoms with E-state index in [1.807, 2.05) is 12.1 Å². The minimum absolute atomic E-state index is 0.0439. The Morgan fingerprint density at radius 3 is 2.76 bits per heavy atom. The molecule has 1 N–H and O–H groups in total. The average Bonchev–Trinajstić information content (AvgIpc) is 3.20. The molecule has 7 nitrogen and oxygen atoms in total. The highest BCUT2D eigenvalue weighted by molar-refractivity contribution is 8.01. The molecule has 0 spiro atoms. The molecule has 0 unspecified atom stereocenters. The van der Waals surface area contributed by atoms with Gasteiger partial charge in [0.05, 0.1) is 31.6 Å². The summed E-state index contributed by atoms with van der Waals surface area (Å²) in [7, 11) is 0. The summed E-state index contributed by atoms with van der Waals surface area (Å²) in [5, 5.41) is 13.7. The average molecular weight is 501 g/mol. The van der Waals surface area contributed by atoms with Crippen LogP contribution in [0.25, 0.3) is 10.2 Å². The lowest BCUT2D eigenvalue weighted by Gasteiger charge is -2.03. The van der Waals surface area contributed by atoms with E-state index in [0.717, 1.165) is 10.2 Å². The van der Waals surface area contributed by atoms with Crippen LogP contribution in [0.3, 0.4) is 0 Å². The number of rotatable bonds is 7. The highest BCUT2D eigenvalue weighted by atomic mass is 35.5. The molecule has 1 heterocycles. The Bertz CT molecular complexity index is 1360. The summed E-state index contributed by atoms with van der Waals surface area (Å²) in [4.78, 5) is 31.2. The van der Waals surface area contributed by atoms with Crippen molar-refractivity contribution in [3.8, 4) is 0 Å². The van der Waals surface area contributed by atoms with Crippen molar-refractivity contribution in [3.63, 3.8) is 0 Å². The van der Waals surface area contributed by atoms with Gasteiger partial charge >= 0.3 is 0 Å². The Kier molecular flexibility index (Phi) is 6.97. The van der Waals surface area contributed by atoms with Crippen molar-refractivity contribution < 1.29 is 14.1 Å². The van der Waals surface area contributed by atoms with Crippen LogP contribution in [-0.2, 0) is 4.79 Å². The number of thiazole rings is 1. The number of nitrogens with zero attached hydrogens (tertiary/aromatic N) is 3. The molecule has 0 bridgehead atoms. The zero-order valence-electron chi connectivity index (χ0n) is 16.7. The lowest BCUT2D eigenvalue weighted by atomic mass is 10.2. The third-order valence-electron chi connectivity index (χ3n) is 4.38. The number of nitrogens with one attached hydrogen (secondary N) is 1. The first kappa shape index (κ1) is 22.8. The van der Waals surface area contributed by atoms with Crippen LogP contribution in [0.15, 0.2) is 70.0 Å². The van der Waals surface area contributed by atoms with Crippen LogP contribution < -0.4 is 5.32 Å². The largest absolute Gasteiger partial charge is 0.325 e. The van der Waals surface area contributed by atoms with Gasteiger partial charge in [-0.05, 0) is 42.5 Å². The van der Waals surface area contributed by atoms with E-state index < -0.39 is 10.7 Å². The molecule has 1 aromatic heterocycles. The van der Waals surface area contributed by atoms with Gasteiger partial charge in [-0.3, -0.25) is 19.9 Å². The molecule has 11 heteroatoms. The van der Waals surface area contributed by atoms with E-state index in [2.05, 4.69) is 15.3 Å². The minimum atomic E-state index is -0.500. The maximum atomic E-state index is 13.9. The number of aromatic nitrogens is 1. The predicted molar refractivity (Wildman–Crippen MR) is 131 cm³/mol. The van der Waals surface area contributed by atoms with E-state index in [0.29, 0.717) is 15.7 Å². The van der Waals surface area contributed by atoms with E-state index in [9.17, 15) is 19.3 Å². The molecule has 166 valence electrons. The van der Waals surface area contributed by atoms with Crippen LogP contribution in [0.1, 0.15) is 5.56 Å². The van der Waals surface area contributed by atoms with Crippen molar-refractivity contribution in [1.82, 2.24) is 4.98 Å². The first-order chi connectivity index (χ1) is 15.9. The highest BCUT2D eigenvalue weighted by Gasteiger charge is 2.10. The van der Waals surface area contributed by atoms with Crippen molar-refractivity contribution in [2.75, 3.05) is 11.1 Å². The molecule has 4 aromatic rings. The number of aliphatic imine (C=N–C) groups is 1. The third-order valence-corrected chi connectivity index (χ3v) is 6.87. The van der Waals surface area contributed by atoms with E-state index in [4.69, 9.17) is 11.6 Å². The summed E-state index contributed by atoms with van der Waals surface area (Å²) < 4.78 is 15.5. The number of halogens is 2. The third kappa shape index (κ3) is 5.72. The number of carbonyl (C=O) groups excluding carboxylic acids is 1. The number of hydrogen-bond donors (Lipinski definition) is 1. The Balaban J connectivity index is 1.39. The Morgan fingerprint density at radius 1 is 1.24 bits per heavy atom. The second-order valence-corrected chi connectivity index (χ2v) is 9.33. The van der Waals surface area contributed by atoms with E-state index in [-0.39, 0.29) is 27.9 Å². The number of benzene rings is 3. The van der Waals surface area contributed by atoms with Gasteiger partial charge in [-0.2, -0.15) is 0 Å². The van der Waals surface area contributed by atoms with Crippen LogP contribution >= 0.6 is 34.7 Å².